The molecule has 2 aromatic rings. The van der Waals surface area contributed by atoms with Gasteiger partial charge in [-0.1, -0.05) is 25.1 Å². The Kier molecular flexibility index (Phi) is 3.95. The highest BCUT2D eigenvalue weighted by molar-refractivity contribution is 5.59. The van der Waals surface area contributed by atoms with Crippen LogP contribution in [0, 0.1) is 0 Å². The van der Waals surface area contributed by atoms with Crippen LogP contribution in [-0.4, -0.2) is 17.1 Å². The van der Waals surface area contributed by atoms with Gasteiger partial charge in [0.2, 0.25) is 0 Å². The summed E-state index contributed by atoms with van der Waals surface area (Å²) in [6.07, 6.45) is 1.04. The summed E-state index contributed by atoms with van der Waals surface area (Å²) in [7, 11) is 1.98. The van der Waals surface area contributed by atoms with E-state index in [2.05, 4.69) is 36.2 Å². The van der Waals surface area contributed by atoms with Gasteiger partial charge in [0.15, 0.2) is 0 Å². The van der Waals surface area contributed by atoms with E-state index in [1.165, 1.54) is 5.56 Å². The van der Waals surface area contributed by atoms with Crippen molar-refractivity contribution >= 4 is 11.5 Å². The van der Waals surface area contributed by atoms with Gasteiger partial charge in [0.25, 0.3) is 0 Å². The van der Waals surface area contributed by atoms with E-state index in [-0.39, 0.29) is 6.61 Å². The first-order valence-electron chi connectivity index (χ1n) is 6.14. The maximum atomic E-state index is 9.10. The Bertz CT molecular complexity index is 508. The predicted molar refractivity (Wildman–Crippen MR) is 74.0 cm³/mol. The number of aryl methyl sites for hydroxylation is 1. The lowest BCUT2D eigenvalue weighted by atomic mass is 10.1. The molecule has 0 aliphatic rings. The van der Waals surface area contributed by atoms with Crippen molar-refractivity contribution in [3.63, 3.8) is 0 Å². The lowest BCUT2D eigenvalue weighted by molar-refractivity contribution is 0.277. The van der Waals surface area contributed by atoms with Crippen molar-refractivity contribution in [2.75, 3.05) is 11.9 Å². The normalized spacial score (nSPS) is 10.4. The van der Waals surface area contributed by atoms with Crippen molar-refractivity contribution in [1.29, 1.82) is 0 Å². The number of aliphatic hydroxyl groups is 1. The number of hydrogen-bond acceptors (Lipinski definition) is 3. The molecule has 0 bridgehead atoms. The number of anilines is 2. The van der Waals surface area contributed by atoms with Gasteiger partial charge in [-0.3, -0.25) is 0 Å². The Morgan fingerprint density at radius 3 is 2.44 bits per heavy atom. The molecule has 0 unspecified atom stereocenters. The minimum Gasteiger partial charge on any atom is -0.390 e. The monoisotopic (exact) mass is 242 g/mol. The molecule has 3 nitrogen and oxygen atoms in total. The molecule has 1 N–H and O–H groups in total. The summed E-state index contributed by atoms with van der Waals surface area (Å²) in [6.45, 7) is 2.11. The third-order valence-corrected chi connectivity index (χ3v) is 3.03. The highest BCUT2D eigenvalue weighted by Crippen LogP contribution is 2.22. The van der Waals surface area contributed by atoms with Crippen LogP contribution in [0.4, 0.5) is 11.5 Å². The Labute approximate surface area is 108 Å². The highest BCUT2D eigenvalue weighted by Gasteiger charge is 2.05. The third kappa shape index (κ3) is 2.68. The molecule has 0 spiro atoms. The van der Waals surface area contributed by atoms with Gasteiger partial charge in [-0.05, 0) is 36.2 Å². The largest absolute Gasteiger partial charge is 0.390 e. The summed E-state index contributed by atoms with van der Waals surface area (Å²) in [4.78, 5) is 6.40. The first-order valence-corrected chi connectivity index (χ1v) is 6.14. The van der Waals surface area contributed by atoms with Gasteiger partial charge in [0, 0.05) is 12.7 Å². The number of hydrogen-bond donors (Lipinski definition) is 1. The molecule has 0 radical (unpaired) electrons. The van der Waals surface area contributed by atoms with Gasteiger partial charge in [-0.15, -0.1) is 0 Å². The first-order chi connectivity index (χ1) is 8.74. The second-order valence-electron chi connectivity index (χ2n) is 4.22. The number of nitrogens with zero attached hydrogens (tertiary/aromatic N) is 2. The standard InChI is InChI=1S/C15H18N2O/c1-3-12-7-9-14(10-8-12)17(2)15-6-4-5-13(11-18)16-15/h4-10,18H,3,11H2,1-2H3. The van der Waals surface area contributed by atoms with E-state index >= 15 is 0 Å². The molecule has 1 heterocycles. The van der Waals surface area contributed by atoms with Crippen LogP contribution in [-0.2, 0) is 13.0 Å². The van der Waals surface area contributed by atoms with Crippen molar-refractivity contribution < 1.29 is 5.11 Å². The molecule has 3 heteroatoms. The number of rotatable bonds is 4. The van der Waals surface area contributed by atoms with Crippen molar-refractivity contribution in [1.82, 2.24) is 4.98 Å². The van der Waals surface area contributed by atoms with Crippen LogP contribution in [0.2, 0.25) is 0 Å². The predicted octanol–water partition coefficient (Wildman–Crippen LogP) is 2.90. The Morgan fingerprint density at radius 1 is 1.11 bits per heavy atom. The zero-order valence-corrected chi connectivity index (χ0v) is 10.8. The smallest absolute Gasteiger partial charge is 0.133 e. The average molecular weight is 242 g/mol. The molecule has 0 aliphatic carbocycles. The second kappa shape index (κ2) is 5.65. The lowest BCUT2D eigenvalue weighted by Crippen LogP contribution is -2.11. The van der Waals surface area contributed by atoms with Crippen LogP contribution in [0.5, 0.6) is 0 Å². The zero-order valence-electron chi connectivity index (χ0n) is 10.8. The molecule has 0 saturated carbocycles. The molecule has 2 rings (SSSR count). The van der Waals surface area contributed by atoms with Crippen molar-refractivity contribution in [2.45, 2.75) is 20.0 Å². The van der Waals surface area contributed by atoms with Crippen LogP contribution in [0.15, 0.2) is 42.5 Å². The third-order valence-electron chi connectivity index (χ3n) is 3.03. The number of aliphatic hydroxyl groups excluding tert-OH is 1. The molecule has 1 aromatic heterocycles. The fraction of sp³-hybridized carbons (Fsp3) is 0.267. The number of aromatic nitrogens is 1. The SMILES string of the molecule is CCc1ccc(N(C)c2cccc(CO)n2)cc1. The van der Waals surface area contributed by atoms with E-state index in [4.69, 9.17) is 5.11 Å². The van der Waals surface area contributed by atoms with E-state index in [1.807, 2.05) is 30.1 Å². The van der Waals surface area contributed by atoms with Crippen LogP contribution < -0.4 is 4.90 Å². The van der Waals surface area contributed by atoms with Gasteiger partial charge in [0.1, 0.15) is 5.82 Å². The molecular formula is C15H18N2O. The Hall–Kier alpha value is -1.87. The minimum atomic E-state index is -0.0313. The average Bonchev–Trinajstić information content (AvgIpc) is 2.46. The molecule has 0 atom stereocenters. The summed E-state index contributed by atoms with van der Waals surface area (Å²) in [6, 6.07) is 14.1. The molecule has 94 valence electrons. The number of benzene rings is 1. The van der Waals surface area contributed by atoms with Gasteiger partial charge in [0.05, 0.1) is 12.3 Å². The molecular weight excluding hydrogens is 224 g/mol. The summed E-state index contributed by atoms with van der Waals surface area (Å²) in [5, 5.41) is 9.10. The van der Waals surface area contributed by atoms with Crippen molar-refractivity contribution in [2.24, 2.45) is 0 Å². The summed E-state index contributed by atoms with van der Waals surface area (Å²) in [5.74, 6) is 0.839. The minimum absolute atomic E-state index is 0.0313. The van der Waals surface area contributed by atoms with Crippen LogP contribution >= 0.6 is 0 Å². The topological polar surface area (TPSA) is 36.4 Å². The molecule has 0 saturated heterocycles. The quantitative estimate of drug-likeness (QED) is 0.895. The zero-order chi connectivity index (χ0) is 13.0. The second-order valence-corrected chi connectivity index (χ2v) is 4.22. The van der Waals surface area contributed by atoms with Crippen LogP contribution in [0.3, 0.4) is 0 Å². The molecule has 18 heavy (non-hydrogen) atoms. The molecule has 0 amide bonds. The van der Waals surface area contributed by atoms with E-state index in [0.717, 1.165) is 17.9 Å². The summed E-state index contributed by atoms with van der Waals surface area (Å²) in [5.41, 5.74) is 3.10. The summed E-state index contributed by atoms with van der Waals surface area (Å²) < 4.78 is 0. The van der Waals surface area contributed by atoms with Gasteiger partial charge < -0.3 is 10.0 Å². The van der Waals surface area contributed by atoms with Crippen molar-refractivity contribution in [3.05, 3.63) is 53.7 Å². The Morgan fingerprint density at radius 2 is 1.83 bits per heavy atom. The summed E-state index contributed by atoms with van der Waals surface area (Å²) >= 11 is 0. The maximum absolute atomic E-state index is 9.10. The van der Waals surface area contributed by atoms with E-state index in [1.54, 1.807) is 0 Å². The molecule has 0 fully saturated rings. The van der Waals surface area contributed by atoms with E-state index < -0.39 is 0 Å². The van der Waals surface area contributed by atoms with Crippen LogP contribution in [0.25, 0.3) is 0 Å². The maximum Gasteiger partial charge on any atom is 0.133 e. The van der Waals surface area contributed by atoms with Crippen molar-refractivity contribution in [3.8, 4) is 0 Å². The highest BCUT2D eigenvalue weighted by atomic mass is 16.3. The van der Waals surface area contributed by atoms with E-state index in [0.29, 0.717) is 5.69 Å². The van der Waals surface area contributed by atoms with Gasteiger partial charge in [-0.25, -0.2) is 4.98 Å². The van der Waals surface area contributed by atoms with Crippen LogP contribution in [0.1, 0.15) is 18.2 Å². The lowest BCUT2D eigenvalue weighted by Gasteiger charge is -2.19. The van der Waals surface area contributed by atoms with E-state index in [9.17, 15) is 0 Å². The van der Waals surface area contributed by atoms with Gasteiger partial charge >= 0.3 is 0 Å². The number of pyridine rings is 1. The molecule has 0 aliphatic heterocycles. The fourth-order valence-electron chi connectivity index (χ4n) is 1.83. The Balaban J connectivity index is 2.25. The fourth-order valence-corrected chi connectivity index (χ4v) is 1.83. The molecule has 1 aromatic carbocycles. The first kappa shape index (κ1) is 12.6. The van der Waals surface area contributed by atoms with Gasteiger partial charge in [-0.2, -0.15) is 0 Å².